The van der Waals surface area contributed by atoms with Gasteiger partial charge in [0.25, 0.3) is 0 Å². The molecule has 2 aromatic rings. The largest absolute Gasteiger partial charge is 0.573 e. The van der Waals surface area contributed by atoms with Crippen LogP contribution in [0.2, 0.25) is 0 Å². The number of imidazole rings is 1. The van der Waals surface area contributed by atoms with Crippen molar-refractivity contribution >= 4 is 11.6 Å². The van der Waals surface area contributed by atoms with Gasteiger partial charge in [-0.15, -0.1) is 13.2 Å². The minimum Gasteiger partial charge on any atom is -0.406 e. The van der Waals surface area contributed by atoms with Gasteiger partial charge < -0.3 is 20.4 Å². The van der Waals surface area contributed by atoms with Gasteiger partial charge >= 0.3 is 6.36 Å². The van der Waals surface area contributed by atoms with Crippen LogP contribution < -0.4 is 15.8 Å². The molecule has 9 heteroatoms. The number of nitrogens with one attached hydrogen (secondary N) is 1. The van der Waals surface area contributed by atoms with Gasteiger partial charge in [0.1, 0.15) is 11.6 Å². The Morgan fingerprint density at radius 3 is 2.72 bits per heavy atom. The summed E-state index contributed by atoms with van der Waals surface area (Å²) in [5, 5.41) is 2.82. The highest BCUT2D eigenvalue weighted by atomic mass is 19.4. The third-order valence-corrected chi connectivity index (χ3v) is 3.73. The van der Waals surface area contributed by atoms with Crippen LogP contribution >= 0.6 is 0 Å². The summed E-state index contributed by atoms with van der Waals surface area (Å²) in [4.78, 5) is 8.74. The topological polar surface area (TPSA) is 77.5 Å². The number of ether oxygens (including phenoxy) is 1. The molecule has 0 saturated carbocycles. The van der Waals surface area contributed by atoms with Crippen LogP contribution in [0.5, 0.6) is 5.75 Å². The van der Waals surface area contributed by atoms with Crippen LogP contribution in [-0.2, 0) is 19.5 Å². The van der Waals surface area contributed by atoms with E-state index in [1.807, 2.05) is 6.20 Å². The van der Waals surface area contributed by atoms with Gasteiger partial charge in [-0.25, -0.2) is 9.98 Å². The van der Waals surface area contributed by atoms with E-state index >= 15 is 0 Å². The number of halogens is 3. The molecule has 3 rings (SSSR count). The van der Waals surface area contributed by atoms with Crippen molar-refractivity contribution in [1.29, 1.82) is 0 Å². The third-order valence-electron chi connectivity index (χ3n) is 3.73. The number of hydrogen-bond donors (Lipinski definition) is 2. The number of nitrogens with two attached hydrogens (primary N) is 1. The van der Waals surface area contributed by atoms with E-state index < -0.39 is 6.36 Å². The van der Waals surface area contributed by atoms with Crippen molar-refractivity contribution in [2.24, 2.45) is 10.7 Å². The zero-order chi connectivity index (χ0) is 17.9. The lowest BCUT2D eigenvalue weighted by atomic mass is 10.2. The molecule has 1 aliphatic heterocycles. The van der Waals surface area contributed by atoms with Crippen LogP contribution in [0.1, 0.15) is 24.4 Å². The molecule has 0 unspecified atom stereocenters. The van der Waals surface area contributed by atoms with Crippen molar-refractivity contribution in [2.45, 2.75) is 38.7 Å². The van der Waals surface area contributed by atoms with Gasteiger partial charge in [-0.1, -0.05) is 0 Å². The maximum Gasteiger partial charge on any atom is 0.573 e. The molecule has 1 aromatic carbocycles. The number of alkyl halides is 3. The number of anilines is 1. The molecule has 1 aromatic heterocycles. The molecule has 0 atom stereocenters. The van der Waals surface area contributed by atoms with Crippen LogP contribution in [0.4, 0.5) is 18.9 Å². The third kappa shape index (κ3) is 4.88. The van der Waals surface area contributed by atoms with Gasteiger partial charge in [0.15, 0.2) is 5.96 Å². The van der Waals surface area contributed by atoms with Crippen LogP contribution in [0.15, 0.2) is 35.5 Å². The second-order valence-corrected chi connectivity index (χ2v) is 5.70. The Kier molecular flexibility index (Phi) is 4.82. The SMILES string of the molecule is NC(=NCc1cn2c(n1)CCCC2)Nc1ccc(OC(F)(F)F)cc1. The minimum atomic E-state index is -4.71. The average Bonchev–Trinajstić information content (AvgIpc) is 2.96. The summed E-state index contributed by atoms with van der Waals surface area (Å²) in [6.45, 7) is 1.32. The number of aromatic nitrogens is 2. The van der Waals surface area contributed by atoms with E-state index in [1.54, 1.807) is 0 Å². The highest BCUT2D eigenvalue weighted by molar-refractivity contribution is 5.92. The Balaban J connectivity index is 1.57. The van der Waals surface area contributed by atoms with Crippen LogP contribution in [0.25, 0.3) is 0 Å². The number of fused-ring (bicyclic) bond motifs is 1. The summed E-state index contributed by atoms with van der Waals surface area (Å²) < 4.78 is 42.3. The first-order valence-corrected chi connectivity index (χ1v) is 7.87. The van der Waals surface area contributed by atoms with Crippen LogP contribution in [-0.4, -0.2) is 21.9 Å². The Morgan fingerprint density at radius 1 is 1.28 bits per heavy atom. The van der Waals surface area contributed by atoms with Crippen molar-refractivity contribution in [2.75, 3.05) is 5.32 Å². The van der Waals surface area contributed by atoms with Gasteiger partial charge in [0, 0.05) is 24.8 Å². The highest BCUT2D eigenvalue weighted by Gasteiger charge is 2.30. The zero-order valence-electron chi connectivity index (χ0n) is 13.4. The molecular weight excluding hydrogens is 335 g/mol. The summed E-state index contributed by atoms with van der Waals surface area (Å²) in [7, 11) is 0. The molecule has 0 radical (unpaired) electrons. The number of aliphatic imine (C=N–C) groups is 1. The van der Waals surface area contributed by atoms with Crippen molar-refractivity contribution < 1.29 is 17.9 Å². The lowest BCUT2D eigenvalue weighted by Crippen LogP contribution is -2.22. The minimum absolute atomic E-state index is 0.162. The molecule has 0 spiro atoms. The van der Waals surface area contributed by atoms with Gasteiger partial charge in [-0.2, -0.15) is 0 Å². The van der Waals surface area contributed by atoms with Gasteiger partial charge in [-0.05, 0) is 37.1 Å². The van der Waals surface area contributed by atoms with Crippen molar-refractivity contribution in [3.63, 3.8) is 0 Å². The molecule has 0 fully saturated rings. The van der Waals surface area contributed by atoms with E-state index in [0.717, 1.165) is 37.3 Å². The molecule has 0 amide bonds. The van der Waals surface area contributed by atoms with Crippen molar-refractivity contribution in [3.8, 4) is 5.75 Å². The van der Waals surface area contributed by atoms with Crippen molar-refractivity contribution in [1.82, 2.24) is 9.55 Å². The smallest absolute Gasteiger partial charge is 0.406 e. The average molecular weight is 353 g/mol. The van der Waals surface area contributed by atoms with Gasteiger partial charge in [0.05, 0.1) is 12.2 Å². The normalized spacial score (nSPS) is 14.9. The molecule has 2 heterocycles. The standard InChI is InChI=1S/C16H18F3N5O/c17-16(18,19)25-13-6-4-11(5-7-13)23-15(20)21-9-12-10-24-8-2-1-3-14(24)22-12/h4-7,10H,1-3,8-9H2,(H3,20,21,23). The van der Waals surface area contributed by atoms with E-state index in [4.69, 9.17) is 5.73 Å². The van der Waals surface area contributed by atoms with Gasteiger partial charge in [0.2, 0.25) is 0 Å². The number of hydrogen-bond acceptors (Lipinski definition) is 3. The number of nitrogens with zero attached hydrogens (tertiary/aromatic N) is 3. The molecule has 134 valence electrons. The summed E-state index contributed by atoms with van der Waals surface area (Å²) in [5.41, 5.74) is 7.17. The van der Waals surface area contributed by atoms with E-state index in [9.17, 15) is 13.2 Å². The summed E-state index contributed by atoms with van der Waals surface area (Å²) in [6.07, 6.45) is 0.554. The predicted octanol–water partition coefficient (Wildman–Crippen LogP) is 3.04. The fraction of sp³-hybridized carbons (Fsp3) is 0.375. The summed E-state index contributed by atoms with van der Waals surface area (Å²) >= 11 is 0. The fourth-order valence-corrected chi connectivity index (χ4v) is 2.64. The van der Waals surface area contributed by atoms with E-state index in [0.29, 0.717) is 12.2 Å². The maximum absolute atomic E-state index is 12.1. The first-order chi connectivity index (χ1) is 11.9. The highest BCUT2D eigenvalue weighted by Crippen LogP contribution is 2.23. The lowest BCUT2D eigenvalue weighted by Gasteiger charge is -2.11. The number of guanidine groups is 1. The Labute approximate surface area is 142 Å². The summed E-state index contributed by atoms with van der Waals surface area (Å²) in [6, 6.07) is 5.26. The monoisotopic (exact) mass is 353 g/mol. The van der Waals surface area contributed by atoms with Crippen molar-refractivity contribution in [3.05, 3.63) is 42.0 Å². The quantitative estimate of drug-likeness (QED) is 0.654. The molecule has 0 aliphatic carbocycles. The number of aryl methyl sites for hydroxylation is 2. The first-order valence-electron chi connectivity index (χ1n) is 7.87. The Bertz CT molecular complexity index is 729. The molecule has 3 N–H and O–H groups in total. The Hall–Kier alpha value is -2.71. The van der Waals surface area contributed by atoms with E-state index in [-0.39, 0.29) is 11.7 Å². The number of rotatable bonds is 4. The van der Waals surface area contributed by atoms with E-state index in [1.165, 1.54) is 24.3 Å². The van der Waals surface area contributed by atoms with Crippen LogP contribution in [0, 0.1) is 0 Å². The number of benzene rings is 1. The molecule has 25 heavy (non-hydrogen) atoms. The fourth-order valence-electron chi connectivity index (χ4n) is 2.64. The second kappa shape index (κ2) is 7.04. The first kappa shape index (κ1) is 17.1. The van der Waals surface area contributed by atoms with Crippen LogP contribution in [0.3, 0.4) is 0 Å². The molecule has 6 nitrogen and oxygen atoms in total. The predicted molar refractivity (Wildman–Crippen MR) is 87.2 cm³/mol. The molecular formula is C16H18F3N5O. The maximum atomic E-state index is 12.1. The zero-order valence-corrected chi connectivity index (χ0v) is 13.4. The lowest BCUT2D eigenvalue weighted by molar-refractivity contribution is -0.274. The molecule has 0 bridgehead atoms. The Morgan fingerprint density at radius 2 is 2.04 bits per heavy atom. The molecule has 0 saturated heterocycles. The molecule has 1 aliphatic rings. The van der Waals surface area contributed by atoms with E-state index in [2.05, 4.69) is 24.6 Å². The summed E-state index contributed by atoms with van der Waals surface area (Å²) in [5.74, 6) is 0.941. The second-order valence-electron chi connectivity index (χ2n) is 5.70. The van der Waals surface area contributed by atoms with Gasteiger partial charge in [-0.3, -0.25) is 0 Å².